The highest BCUT2D eigenvalue weighted by molar-refractivity contribution is 7.25. The fraction of sp³-hybridized carbons (Fsp3) is 0.357. The van der Waals surface area contributed by atoms with Crippen molar-refractivity contribution in [2.24, 2.45) is 0 Å². The molecule has 0 aliphatic heterocycles. The van der Waals surface area contributed by atoms with Gasteiger partial charge in [-0.25, -0.2) is 0 Å². The Balaban J connectivity index is 1.88. The molecule has 0 aliphatic carbocycles. The van der Waals surface area contributed by atoms with Crippen molar-refractivity contribution in [2.45, 2.75) is 26.3 Å². The first-order valence-corrected chi connectivity index (χ1v) is 8.13. The largest absolute Gasteiger partial charge is 0.493 e. The first kappa shape index (κ1) is 13.5. The second kappa shape index (κ2) is 5.85. The highest BCUT2D eigenvalue weighted by Crippen LogP contribution is 2.43. The van der Waals surface area contributed by atoms with E-state index in [2.05, 4.69) is 16.6 Å². The molecule has 0 bridgehead atoms. The van der Waals surface area contributed by atoms with Crippen LogP contribution in [-0.4, -0.2) is 11.5 Å². The van der Waals surface area contributed by atoms with E-state index in [0.29, 0.717) is 6.54 Å². The topological polar surface area (TPSA) is 47.3 Å². The van der Waals surface area contributed by atoms with Gasteiger partial charge in [0, 0.05) is 4.88 Å². The molecule has 106 valence electrons. The average Bonchev–Trinajstić information content (AvgIpc) is 3.13. The summed E-state index contributed by atoms with van der Waals surface area (Å²) in [6.07, 6.45) is 3.83. The second-order valence-electron chi connectivity index (χ2n) is 4.43. The number of nitrogens with one attached hydrogen (secondary N) is 1. The van der Waals surface area contributed by atoms with Gasteiger partial charge in [0.1, 0.15) is 16.3 Å². The number of ether oxygens (including phenoxy) is 1. The summed E-state index contributed by atoms with van der Waals surface area (Å²) in [6, 6.07) is 3.86. The first-order chi connectivity index (χ1) is 9.83. The molecule has 0 unspecified atom stereocenters. The fourth-order valence-electron chi connectivity index (χ4n) is 2.12. The summed E-state index contributed by atoms with van der Waals surface area (Å²) in [5.41, 5.74) is 0.980. The molecule has 3 aromatic rings. The predicted octanol–water partition coefficient (Wildman–Crippen LogP) is 4.52. The summed E-state index contributed by atoms with van der Waals surface area (Å²) < 4.78 is 16.6. The molecule has 20 heavy (non-hydrogen) atoms. The van der Waals surface area contributed by atoms with Crippen LogP contribution in [0.1, 0.15) is 24.0 Å². The number of aryl methyl sites for hydroxylation is 1. The number of rotatable bonds is 6. The second-order valence-corrected chi connectivity index (χ2v) is 6.31. The van der Waals surface area contributed by atoms with Crippen molar-refractivity contribution >= 4 is 38.1 Å². The molecule has 0 atom stereocenters. The smallest absolute Gasteiger partial charge is 0.160 e. The highest BCUT2D eigenvalue weighted by Gasteiger charge is 2.18. The Kier molecular flexibility index (Phi) is 3.93. The molecule has 3 heterocycles. The van der Waals surface area contributed by atoms with E-state index in [1.165, 1.54) is 21.1 Å². The molecule has 3 aromatic heterocycles. The maximum absolute atomic E-state index is 5.52. The zero-order valence-corrected chi connectivity index (χ0v) is 13.1. The number of fused-ring (bicyclic) bond motifs is 1. The molecule has 3 rings (SSSR count). The quantitative estimate of drug-likeness (QED) is 0.727. The van der Waals surface area contributed by atoms with Gasteiger partial charge in [-0.2, -0.15) is 4.37 Å². The van der Waals surface area contributed by atoms with Crippen molar-refractivity contribution < 1.29 is 9.15 Å². The first-order valence-electron chi connectivity index (χ1n) is 6.54. The number of aromatic nitrogens is 1. The third-order valence-corrected chi connectivity index (χ3v) is 5.20. The number of anilines is 1. The van der Waals surface area contributed by atoms with Gasteiger partial charge in [-0.1, -0.05) is 13.3 Å². The monoisotopic (exact) mass is 308 g/mol. The van der Waals surface area contributed by atoms with Crippen LogP contribution in [0.25, 0.3) is 10.2 Å². The third-order valence-electron chi connectivity index (χ3n) is 3.03. The Morgan fingerprint density at radius 3 is 3.05 bits per heavy atom. The van der Waals surface area contributed by atoms with Crippen LogP contribution in [-0.2, 0) is 13.0 Å². The summed E-state index contributed by atoms with van der Waals surface area (Å²) in [6.45, 7) is 2.85. The van der Waals surface area contributed by atoms with Crippen LogP contribution in [0.4, 0.5) is 5.00 Å². The molecule has 6 heteroatoms. The van der Waals surface area contributed by atoms with Crippen LogP contribution in [0.15, 0.2) is 22.8 Å². The molecule has 4 nitrogen and oxygen atoms in total. The fourth-order valence-corrected chi connectivity index (χ4v) is 4.31. The number of hydrogen-bond acceptors (Lipinski definition) is 6. The Hall–Kier alpha value is -1.53. The number of furan rings is 1. The van der Waals surface area contributed by atoms with Crippen molar-refractivity contribution in [3.63, 3.8) is 0 Å². The minimum Gasteiger partial charge on any atom is -0.493 e. The lowest BCUT2D eigenvalue weighted by Gasteiger charge is -2.00. The van der Waals surface area contributed by atoms with Gasteiger partial charge in [-0.05, 0) is 30.1 Å². The molecule has 0 radical (unpaired) electrons. The number of thiophene rings is 1. The van der Waals surface area contributed by atoms with Gasteiger partial charge in [-0.3, -0.25) is 0 Å². The molecule has 0 fully saturated rings. The van der Waals surface area contributed by atoms with Crippen LogP contribution in [0.3, 0.4) is 0 Å². The molecule has 0 saturated carbocycles. The van der Waals surface area contributed by atoms with Crippen LogP contribution < -0.4 is 10.1 Å². The third kappa shape index (κ3) is 2.41. The zero-order chi connectivity index (χ0) is 13.9. The summed E-state index contributed by atoms with van der Waals surface area (Å²) in [5, 5.41) is 4.48. The van der Waals surface area contributed by atoms with Crippen LogP contribution in [0.2, 0.25) is 0 Å². The van der Waals surface area contributed by atoms with Gasteiger partial charge < -0.3 is 14.5 Å². The summed E-state index contributed by atoms with van der Waals surface area (Å²) in [5.74, 6) is 1.86. The lowest BCUT2D eigenvalue weighted by molar-refractivity contribution is 0.416. The Bertz CT molecular complexity index is 685. The minimum atomic E-state index is 0.674. The van der Waals surface area contributed by atoms with E-state index in [-0.39, 0.29) is 0 Å². The maximum atomic E-state index is 5.52. The van der Waals surface area contributed by atoms with Crippen molar-refractivity contribution in [1.29, 1.82) is 0 Å². The van der Waals surface area contributed by atoms with E-state index in [4.69, 9.17) is 9.15 Å². The van der Waals surface area contributed by atoms with Crippen LogP contribution in [0, 0.1) is 0 Å². The van der Waals surface area contributed by atoms with E-state index in [1.54, 1.807) is 24.7 Å². The van der Waals surface area contributed by atoms with E-state index in [1.807, 2.05) is 12.1 Å². The molecular formula is C14H16N2O2S2. The standard InChI is InChI=1S/C14H16N2O2S2/c1-3-5-10-12(17-2)11-13(19-10)14(20-16-11)15-8-9-6-4-7-18-9/h4,6-7,15H,3,5,8H2,1-2H3. The molecule has 0 saturated heterocycles. The van der Waals surface area contributed by atoms with Crippen molar-refractivity contribution in [3.05, 3.63) is 29.0 Å². The Morgan fingerprint density at radius 2 is 2.35 bits per heavy atom. The van der Waals surface area contributed by atoms with Crippen LogP contribution in [0.5, 0.6) is 5.75 Å². The minimum absolute atomic E-state index is 0.674. The van der Waals surface area contributed by atoms with Crippen molar-refractivity contribution in [1.82, 2.24) is 4.37 Å². The van der Waals surface area contributed by atoms with Crippen molar-refractivity contribution in [2.75, 3.05) is 12.4 Å². The van der Waals surface area contributed by atoms with Gasteiger partial charge in [0.05, 0.1) is 24.6 Å². The van der Waals surface area contributed by atoms with E-state index in [9.17, 15) is 0 Å². The van der Waals surface area contributed by atoms with Gasteiger partial charge in [-0.15, -0.1) is 11.3 Å². The van der Waals surface area contributed by atoms with Gasteiger partial charge >= 0.3 is 0 Å². The predicted molar refractivity (Wildman–Crippen MR) is 84.1 cm³/mol. The Labute approximate surface area is 125 Å². The van der Waals surface area contributed by atoms with E-state index >= 15 is 0 Å². The zero-order valence-electron chi connectivity index (χ0n) is 11.4. The summed E-state index contributed by atoms with van der Waals surface area (Å²) in [4.78, 5) is 1.28. The number of methoxy groups -OCH3 is 1. The number of nitrogens with zero attached hydrogens (tertiary/aromatic N) is 1. The molecule has 0 aromatic carbocycles. The van der Waals surface area contributed by atoms with E-state index < -0.39 is 0 Å². The van der Waals surface area contributed by atoms with Crippen LogP contribution >= 0.6 is 22.9 Å². The molecule has 0 amide bonds. The molecule has 0 aliphatic rings. The summed E-state index contributed by atoms with van der Waals surface area (Å²) in [7, 11) is 1.72. The van der Waals surface area contributed by atoms with Gasteiger partial charge in [0.15, 0.2) is 5.75 Å². The SMILES string of the molecule is CCCc1sc2c(NCc3ccco3)snc2c1OC. The normalized spacial score (nSPS) is 11.1. The summed E-state index contributed by atoms with van der Waals surface area (Å²) >= 11 is 3.25. The maximum Gasteiger partial charge on any atom is 0.160 e. The highest BCUT2D eigenvalue weighted by atomic mass is 32.1. The molecular weight excluding hydrogens is 292 g/mol. The van der Waals surface area contributed by atoms with E-state index in [0.717, 1.165) is 34.9 Å². The van der Waals surface area contributed by atoms with Crippen molar-refractivity contribution in [3.8, 4) is 5.75 Å². The Morgan fingerprint density at radius 1 is 1.45 bits per heavy atom. The lowest BCUT2D eigenvalue weighted by Crippen LogP contribution is -1.95. The molecule has 0 spiro atoms. The van der Waals surface area contributed by atoms with Gasteiger partial charge in [0.2, 0.25) is 0 Å². The van der Waals surface area contributed by atoms with Gasteiger partial charge in [0.25, 0.3) is 0 Å². The lowest BCUT2D eigenvalue weighted by atomic mass is 10.2. The molecule has 1 N–H and O–H groups in total. The average molecular weight is 308 g/mol. The number of hydrogen-bond donors (Lipinski definition) is 1.